The first-order valence-corrected chi connectivity index (χ1v) is 11.4. The number of aryl methyl sites for hydroxylation is 1. The molecule has 1 fully saturated rings. The molecule has 3 aromatic rings. The molecule has 3 aromatic carbocycles. The van der Waals surface area contributed by atoms with E-state index in [9.17, 15) is 19.8 Å². The molecule has 0 saturated carbocycles. The number of aromatic hydroxyl groups is 1. The number of Topliss-reactive ketones (excluding diaryl/α,β-unsaturated/α-hetero) is 1. The van der Waals surface area contributed by atoms with Crippen LogP contribution in [-0.2, 0) is 9.59 Å². The third-order valence-corrected chi connectivity index (χ3v) is 6.23. The van der Waals surface area contributed by atoms with Crippen molar-refractivity contribution < 1.29 is 19.8 Å². The van der Waals surface area contributed by atoms with E-state index in [1.165, 1.54) is 17.0 Å². The fourth-order valence-corrected chi connectivity index (χ4v) is 4.35. The van der Waals surface area contributed by atoms with E-state index in [0.29, 0.717) is 16.8 Å². The maximum absolute atomic E-state index is 13.3. The van der Waals surface area contributed by atoms with Crippen LogP contribution in [0.3, 0.4) is 0 Å². The van der Waals surface area contributed by atoms with Crippen molar-refractivity contribution in [3.05, 3.63) is 95.1 Å². The van der Waals surface area contributed by atoms with Crippen molar-refractivity contribution in [2.45, 2.75) is 26.8 Å². The van der Waals surface area contributed by atoms with Crippen molar-refractivity contribution in [1.82, 2.24) is 0 Å². The van der Waals surface area contributed by atoms with E-state index in [0.717, 1.165) is 24.3 Å². The lowest BCUT2D eigenvalue weighted by Crippen LogP contribution is -2.29. The van der Waals surface area contributed by atoms with Crippen LogP contribution in [0.4, 0.5) is 11.4 Å². The number of rotatable bonds is 6. The summed E-state index contributed by atoms with van der Waals surface area (Å²) < 4.78 is 0. The first-order valence-electron chi connectivity index (χ1n) is 11.4. The van der Waals surface area contributed by atoms with Gasteiger partial charge in [-0.2, -0.15) is 0 Å². The molecule has 0 bridgehead atoms. The monoisotopic (exact) mass is 456 g/mol. The molecule has 34 heavy (non-hydrogen) atoms. The van der Waals surface area contributed by atoms with Crippen molar-refractivity contribution in [3.63, 3.8) is 0 Å². The molecule has 6 heteroatoms. The van der Waals surface area contributed by atoms with Crippen molar-refractivity contribution in [1.29, 1.82) is 0 Å². The minimum Gasteiger partial charge on any atom is -0.508 e. The van der Waals surface area contributed by atoms with Gasteiger partial charge in [-0.1, -0.05) is 42.0 Å². The number of hydrogen-bond donors (Lipinski definition) is 2. The molecular weight excluding hydrogens is 428 g/mol. The number of benzene rings is 3. The molecule has 1 aliphatic rings. The van der Waals surface area contributed by atoms with Crippen molar-refractivity contribution in [3.8, 4) is 5.75 Å². The highest BCUT2D eigenvalue weighted by Gasteiger charge is 2.47. The fourth-order valence-electron chi connectivity index (χ4n) is 4.35. The number of carbonyl (C=O) groups excluding carboxylic acids is 2. The lowest BCUT2D eigenvalue weighted by molar-refractivity contribution is -0.132. The molecule has 6 nitrogen and oxygen atoms in total. The zero-order valence-electron chi connectivity index (χ0n) is 19.5. The number of aliphatic hydroxyl groups is 1. The van der Waals surface area contributed by atoms with E-state index in [1.54, 1.807) is 24.3 Å². The number of carbonyl (C=O) groups is 2. The Morgan fingerprint density at radius 3 is 2.03 bits per heavy atom. The summed E-state index contributed by atoms with van der Waals surface area (Å²) in [6.07, 6.45) is 0. The van der Waals surface area contributed by atoms with E-state index in [1.807, 2.05) is 43.3 Å². The van der Waals surface area contributed by atoms with Crippen LogP contribution in [0.15, 0.2) is 78.4 Å². The van der Waals surface area contributed by atoms with Gasteiger partial charge in [0.25, 0.3) is 11.7 Å². The molecule has 1 aliphatic heterocycles. The van der Waals surface area contributed by atoms with E-state index in [-0.39, 0.29) is 17.1 Å². The summed E-state index contributed by atoms with van der Waals surface area (Å²) in [4.78, 5) is 30.1. The van der Waals surface area contributed by atoms with Crippen LogP contribution in [0.25, 0.3) is 5.76 Å². The van der Waals surface area contributed by atoms with Crippen molar-refractivity contribution in [2.24, 2.45) is 0 Å². The van der Waals surface area contributed by atoms with E-state index >= 15 is 0 Å². The molecule has 1 heterocycles. The quantitative estimate of drug-likeness (QED) is 0.304. The molecular formula is C28H28N2O4. The molecule has 1 saturated heterocycles. The van der Waals surface area contributed by atoms with Gasteiger partial charge in [-0.25, -0.2) is 0 Å². The molecule has 4 rings (SSSR count). The molecule has 0 spiro atoms. The van der Waals surface area contributed by atoms with E-state index in [2.05, 4.69) is 18.7 Å². The van der Waals surface area contributed by atoms with Gasteiger partial charge < -0.3 is 15.1 Å². The Kier molecular flexibility index (Phi) is 6.41. The molecule has 1 atom stereocenters. The summed E-state index contributed by atoms with van der Waals surface area (Å²) in [7, 11) is 0. The predicted molar refractivity (Wildman–Crippen MR) is 134 cm³/mol. The number of hydrogen-bond acceptors (Lipinski definition) is 5. The van der Waals surface area contributed by atoms with Gasteiger partial charge in [0.1, 0.15) is 11.5 Å². The van der Waals surface area contributed by atoms with Gasteiger partial charge in [0, 0.05) is 30.0 Å². The number of phenols is 1. The Hall–Kier alpha value is -4.06. The summed E-state index contributed by atoms with van der Waals surface area (Å²) >= 11 is 0. The van der Waals surface area contributed by atoms with Crippen molar-refractivity contribution >= 4 is 28.8 Å². The van der Waals surface area contributed by atoms with Crippen LogP contribution < -0.4 is 9.80 Å². The molecule has 1 unspecified atom stereocenters. The SMILES string of the molecule is CCN(CC)c1ccc(N2C(=O)C(=O)/C(=C(/O)c3ccc(C)cc3)C2c2ccc(O)cc2)cc1. The summed E-state index contributed by atoms with van der Waals surface area (Å²) in [6.45, 7) is 7.79. The number of aliphatic hydroxyl groups excluding tert-OH is 1. The first kappa shape index (κ1) is 23.1. The standard InChI is InChI=1S/C28H28N2O4/c1-4-29(5-2)21-12-14-22(15-13-21)30-25(19-10-16-23(31)17-11-19)24(27(33)28(30)34)26(32)20-8-6-18(3)7-9-20/h6-17,25,31-32H,4-5H2,1-3H3/b26-24+. The second-order valence-corrected chi connectivity index (χ2v) is 8.32. The minimum absolute atomic E-state index is 0.0207. The Labute approximate surface area is 199 Å². The minimum atomic E-state index is -0.832. The van der Waals surface area contributed by atoms with Crippen LogP contribution in [0, 0.1) is 6.92 Å². The molecule has 2 N–H and O–H groups in total. The van der Waals surface area contributed by atoms with Gasteiger partial charge in [-0.05, 0) is 62.7 Å². The summed E-state index contributed by atoms with van der Waals surface area (Å²) in [5.74, 6) is -1.60. The highest BCUT2D eigenvalue weighted by Crippen LogP contribution is 2.42. The number of ketones is 1. The Morgan fingerprint density at radius 1 is 0.882 bits per heavy atom. The van der Waals surface area contributed by atoms with Crippen LogP contribution in [-0.4, -0.2) is 35.0 Å². The fraction of sp³-hybridized carbons (Fsp3) is 0.214. The van der Waals surface area contributed by atoms with Crippen LogP contribution in [0.5, 0.6) is 5.75 Å². The highest BCUT2D eigenvalue weighted by atomic mass is 16.3. The lowest BCUT2D eigenvalue weighted by Gasteiger charge is -2.27. The molecule has 0 aliphatic carbocycles. The summed E-state index contributed by atoms with van der Waals surface area (Å²) in [5.41, 5.74) is 3.68. The van der Waals surface area contributed by atoms with Gasteiger partial charge in [0.2, 0.25) is 0 Å². The molecule has 0 radical (unpaired) electrons. The van der Waals surface area contributed by atoms with Gasteiger partial charge in [0.05, 0.1) is 11.6 Å². The smallest absolute Gasteiger partial charge is 0.300 e. The summed E-state index contributed by atoms with van der Waals surface area (Å²) in [6, 6.07) is 20.1. The van der Waals surface area contributed by atoms with Crippen LogP contribution >= 0.6 is 0 Å². The van der Waals surface area contributed by atoms with Crippen LogP contribution in [0.2, 0.25) is 0 Å². The highest BCUT2D eigenvalue weighted by molar-refractivity contribution is 6.51. The summed E-state index contributed by atoms with van der Waals surface area (Å²) in [5, 5.41) is 20.9. The maximum atomic E-state index is 13.3. The van der Waals surface area contributed by atoms with Crippen molar-refractivity contribution in [2.75, 3.05) is 22.9 Å². The number of phenolic OH excluding ortho intramolecular Hbond substituents is 1. The molecule has 0 aromatic heterocycles. The Bertz CT molecular complexity index is 1220. The zero-order valence-corrected chi connectivity index (χ0v) is 19.5. The largest absolute Gasteiger partial charge is 0.508 e. The first-order chi connectivity index (χ1) is 16.3. The second-order valence-electron chi connectivity index (χ2n) is 8.32. The van der Waals surface area contributed by atoms with Gasteiger partial charge in [0.15, 0.2) is 0 Å². The van der Waals surface area contributed by atoms with Gasteiger partial charge in [-0.15, -0.1) is 0 Å². The maximum Gasteiger partial charge on any atom is 0.300 e. The molecule has 174 valence electrons. The van der Waals surface area contributed by atoms with E-state index in [4.69, 9.17) is 0 Å². The predicted octanol–water partition coefficient (Wildman–Crippen LogP) is 5.17. The third kappa shape index (κ3) is 4.15. The Morgan fingerprint density at radius 2 is 1.47 bits per heavy atom. The number of anilines is 2. The number of amides is 1. The third-order valence-electron chi connectivity index (χ3n) is 6.23. The average Bonchev–Trinajstić information content (AvgIpc) is 3.11. The normalized spacial score (nSPS) is 17.3. The second kappa shape index (κ2) is 9.43. The Balaban J connectivity index is 1.86. The van der Waals surface area contributed by atoms with Gasteiger partial charge in [-0.3, -0.25) is 14.5 Å². The topological polar surface area (TPSA) is 81.1 Å². The lowest BCUT2D eigenvalue weighted by atomic mass is 9.95. The number of nitrogens with zero attached hydrogens (tertiary/aromatic N) is 2. The average molecular weight is 457 g/mol. The zero-order chi connectivity index (χ0) is 24.4. The van der Waals surface area contributed by atoms with Crippen LogP contribution in [0.1, 0.15) is 36.6 Å². The van der Waals surface area contributed by atoms with Gasteiger partial charge >= 0.3 is 0 Å². The molecule has 1 amide bonds. The van der Waals surface area contributed by atoms with E-state index < -0.39 is 17.7 Å².